The van der Waals surface area contributed by atoms with Gasteiger partial charge < -0.3 is 26.9 Å². The van der Waals surface area contributed by atoms with Gasteiger partial charge in [-0.2, -0.15) is 0 Å². The molecule has 0 spiro atoms. The Kier molecular flexibility index (Phi) is 4.54. The molecule has 2 aromatic heterocycles. The molecule has 9 nitrogen and oxygen atoms in total. The summed E-state index contributed by atoms with van der Waals surface area (Å²) in [6.45, 7) is 0. The van der Waals surface area contributed by atoms with Crippen molar-refractivity contribution in [2.45, 2.75) is 0 Å². The second-order valence-corrected chi connectivity index (χ2v) is 6.30. The topological polar surface area (TPSA) is 159 Å². The summed E-state index contributed by atoms with van der Waals surface area (Å²) >= 11 is 0. The first-order valence-corrected chi connectivity index (χ1v) is 8.61. The quantitative estimate of drug-likeness (QED) is 0.157. The molecule has 0 radical (unpaired) electrons. The smallest absolute Gasteiger partial charge is 0.171 e. The maximum absolute atomic E-state index is 8.83. The highest BCUT2D eigenvalue weighted by atomic mass is 16.4. The Morgan fingerprint density at radius 1 is 0.828 bits per heavy atom. The predicted octanol–water partition coefficient (Wildman–Crippen LogP) is 2.48. The number of aromatic amines is 1. The van der Waals surface area contributed by atoms with E-state index in [9.17, 15) is 0 Å². The summed E-state index contributed by atoms with van der Waals surface area (Å²) in [6.07, 6.45) is 1.55. The molecule has 0 fully saturated rings. The number of aromatic nitrogens is 3. The number of pyridine rings is 1. The van der Waals surface area contributed by atoms with Crippen molar-refractivity contribution < 1.29 is 10.4 Å². The van der Waals surface area contributed by atoms with Gasteiger partial charge in [-0.25, -0.2) is 4.98 Å². The maximum Gasteiger partial charge on any atom is 0.171 e. The number of fused-ring (bicyclic) bond motifs is 1. The third-order valence-electron chi connectivity index (χ3n) is 4.51. The van der Waals surface area contributed by atoms with Gasteiger partial charge in [0.1, 0.15) is 5.82 Å². The van der Waals surface area contributed by atoms with Gasteiger partial charge in [0.15, 0.2) is 11.7 Å². The fourth-order valence-corrected chi connectivity index (χ4v) is 2.94. The number of hydrogen-bond acceptors (Lipinski definition) is 6. The van der Waals surface area contributed by atoms with Crippen LogP contribution in [0.15, 0.2) is 71.1 Å². The predicted molar refractivity (Wildman–Crippen MR) is 110 cm³/mol. The molecule has 144 valence electrons. The molecule has 0 amide bonds. The SMILES string of the molecule is NC(=NO)c1ccc(-c2ccc(-c3nc4ccc(C(N)=NO)cc4[nH]3)cc2)nc1. The molecule has 0 aliphatic rings. The maximum atomic E-state index is 8.83. The number of nitrogens with one attached hydrogen (secondary N) is 1. The second-order valence-electron chi connectivity index (χ2n) is 6.30. The number of oxime groups is 2. The van der Waals surface area contributed by atoms with Crippen molar-refractivity contribution in [1.29, 1.82) is 0 Å². The monoisotopic (exact) mass is 387 g/mol. The number of nitrogens with zero attached hydrogens (tertiary/aromatic N) is 4. The van der Waals surface area contributed by atoms with Crippen molar-refractivity contribution in [2.75, 3.05) is 0 Å². The number of amidine groups is 2. The molecule has 0 atom stereocenters. The van der Waals surface area contributed by atoms with Crippen LogP contribution < -0.4 is 11.5 Å². The molecule has 0 bridgehead atoms. The summed E-state index contributed by atoms with van der Waals surface area (Å²) in [5.41, 5.74) is 16.5. The fraction of sp³-hybridized carbons (Fsp3) is 0. The fourth-order valence-electron chi connectivity index (χ4n) is 2.94. The summed E-state index contributed by atoms with van der Waals surface area (Å²) in [4.78, 5) is 12.2. The molecular formula is C20H17N7O2. The summed E-state index contributed by atoms with van der Waals surface area (Å²) < 4.78 is 0. The highest BCUT2D eigenvalue weighted by Crippen LogP contribution is 2.24. The van der Waals surface area contributed by atoms with E-state index in [0.29, 0.717) is 17.0 Å². The van der Waals surface area contributed by atoms with Gasteiger partial charge >= 0.3 is 0 Å². The molecule has 29 heavy (non-hydrogen) atoms. The molecule has 4 rings (SSSR count). The van der Waals surface area contributed by atoms with E-state index in [-0.39, 0.29) is 11.7 Å². The Morgan fingerprint density at radius 2 is 1.48 bits per heavy atom. The standard InChI is InChI=1S/C20H17N7O2/c21-18(26-28)13-5-8-16-17(9-13)25-20(24-16)12-3-1-11(2-4-12)15-7-6-14(10-23-15)19(22)27-29/h1-10,28-29H,(H2,21,26)(H2,22,27)(H,24,25). The lowest BCUT2D eigenvalue weighted by Crippen LogP contribution is -2.13. The minimum absolute atomic E-state index is 0.0134. The zero-order valence-electron chi connectivity index (χ0n) is 15.1. The van der Waals surface area contributed by atoms with Gasteiger partial charge in [0.2, 0.25) is 0 Å². The van der Waals surface area contributed by atoms with Crippen LogP contribution in [-0.2, 0) is 0 Å². The number of benzene rings is 2. The second kappa shape index (κ2) is 7.31. The molecule has 2 heterocycles. The van der Waals surface area contributed by atoms with Crippen LogP contribution in [-0.4, -0.2) is 37.0 Å². The largest absolute Gasteiger partial charge is 0.409 e. The Hall–Kier alpha value is -4.40. The summed E-state index contributed by atoms with van der Waals surface area (Å²) in [7, 11) is 0. The average molecular weight is 387 g/mol. The number of H-pyrrole nitrogens is 1. The van der Waals surface area contributed by atoms with E-state index in [4.69, 9.17) is 21.9 Å². The zero-order valence-corrected chi connectivity index (χ0v) is 15.1. The first kappa shape index (κ1) is 18.0. The molecule has 9 heteroatoms. The van der Waals surface area contributed by atoms with Crippen LogP contribution in [0.2, 0.25) is 0 Å². The number of rotatable bonds is 4. The zero-order chi connectivity index (χ0) is 20.4. The van der Waals surface area contributed by atoms with Gasteiger partial charge in [-0.05, 0) is 30.3 Å². The average Bonchev–Trinajstić information content (AvgIpc) is 3.21. The van der Waals surface area contributed by atoms with Crippen molar-refractivity contribution in [3.8, 4) is 22.6 Å². The van der Waals surface area contributed by atoms with Crippen LogP contribution in [0, 0.1) is 0 Å². The lowest BCUT2D eigenvalue weighted by atomic mass is 10.1. The van der Waals surface area contributed by atoms with E-state index < -0.39 is 0 Å². The third kappa shape index (κ3) is 3.44. The Morgan fingerprint density at radius 3 is 2.14 bits per heavy atom. The van der Waals surface area contributed by atoms with Crippen LogP contribution in [0.4, 0.5) is 0 Å². The van der Waals surface area contributed by atoms with Gasteiger partial charge in [-0.1, -0.05) is 34.6 Å². The van der Waals surface area contributed by atoms with Crippen molar-refractivity contribution in [1.82, 2.24) is 15.0 Å². The third-order valence-corrected chi connectivity index (χ3v) is 4.51. The lowest BCUT2D eigenvalue weighted by molar-refractivity contribution is 0.318. The summed E-state index contributed by atoms with van der Waals surface area (Å²) in [6, 6.07) is 16.6. The minimum atomic E-state index is 0.0134. The van der Waals surface area contributed by atoms with Crippen LogP contribution in [0.3, 0.4) is 0 Å². The Balaban J connectivity index is 1.62. The molecule has 0 saturated heterocycles. The Labute approximate surface area is 165 Å². The van der Waals surface area contributed by atoms with E-state index >= 15 is 0 Å². The lowest BCUT2D eigenvalue weighted by Gasteiger charge is -2.04. The molecule has 0 aliphatic carbocycles. The van der Waals surface area contributed by atoms with Crippen LogP contribution >= 0.6 is 0 Å². The number of nitrogens with two attached hydrogens (primary N) is 2. The number of hydrogen-bond donors (Lipinski definition) is 5. The van der Waals surface area contributed by atoms with Gasteiger partial charge in [-0.15, -0.1) is 0 Å². The Bertz CT molecular complexity index is 1230. The van der Waals surface area contributed by atoms with Gasteiger partial charge in [0, 0.05) is 28.5 Å². The van der Waals surface area contributed by atoms with E-state index in [1.165, 1.54) is 0 Å². The molecule has 0 unspecified atom stereocenters. The first-order valence-electron chi connectivity index (χ1n) is 8.61. The molecular weight excluding hydrogens is 370 g/mol. The van der Waals surface area contributed by atoms with Gasteiger partial charge in [0.05, 0.1) is 16.7 Å². The van der Waals surface area contributed by atoms with E-state index in [1.54, 1.807) is 30.5 Å². The summed E-state index contributed by atoms with van der Waals surface area (Å²) in [5.74, 6) is 0.760. The molecule has 2 aromatic carbocycles. The van der Waals surface area contributed by atoms with Crippen LogP contribution in [0.25, 0.3) is 33.7 Å². The number of imidazole rings is 1. The highest BCUT2D eigenvalue weighted by molar-refractivity contribution is 6.00. The minimum Gasteiger partial charge on any atom is -0.409 e. The van der Waals surface area contributed by atoms with Crippen molar-refractivity contribution in [2.24, 2.45) is 21.8 Å². The van der Waals surface area contributed by atoms with E-state index in [2.05, 4.69) is 25.3 Å². The summed E-state index contributed by atoms with van der Waals surface area (Å²) in [5, 5.41) is 23.5. The van der Waals surface area contributed by atoms with E-state index in [0.717, 1.165) is 27.9 Å². The normalized spacial score (nSPS) is 12.4. The first-order chi connectivity index (χ1) is 14.1. The van der Waals surface area contributed by atoms with Crippen molar-refractivity contribution >= 4 is 22.7 Å². The van der Waals surface area contributed by atoms with Crippen LogP contribution in [0.5, 0.6) is 0 Å². The molecule has 0 saturated carbocycles. The highest BCUT2D eigenvalue weighted by Gasteiger charge is 2.09. The van der Waals surface area contributed by atoms with Crippen molar-refractivity contribution in [3.63, 3.8) is 0 Å². The van der Waals surface area contributed by atoms with E-state index in [1.807, 2.05) is 30.3 Å². The van der Waals surface area contributed by atoms with Gasteiger partial charge in [0.25, 0.3) is 0 Å². The molecule has 7 N–H and O–H groups in total. The van der Waals surface area contributed by atoms with Crippen molar-refractivity contribution in [3.05, 3.63) is 71.9 Å². The van der Waals surface area contributed by atoms with Gasteiger partial charge in [-0.3, -0.25) is 4.98 Å². The molecule has 0 aliphatic heterocycles. The van der Waals surface area contributed by atoms with Crippen LogP contribution in [0.1, 0.15) is 11.1 Å². The molecule has 4 aromatic rings.